The van der Waals surface area contributed by atoms with Crippen LogP contribution in [0.2, 0.25) is 0 Å². The first-order valence-corrected chi connectivity index (χ1v) is 7.53. The minimum absolute atomic E-state index is 0.0295. The largest absolute Gasteiger partial charge is 0.349 e. The molecule has 2 aliphatic heterocycles. The van der Waals surface area contributed by atoms with Crippen LogP contribution in [-0.2, 0) is 10.5 Å². The number of hydrogen-bond acceptors (Lipinski definition) is 3. The lowest BCUT2D eigenvalue weighted by molar-refractivity contribution is -0.123. The van der Waals surface area contributed by atoms with Crippen molar-refractivity contribution in [3.8, 4) is 11.3 Å². The zero-order valence-corrected chi connectivity index (χ0v) is 12.5. The molecule has 5 heteroatoms. The van der Waals surface area contributed by atoms with E-state index in [-0.39, 0.29) is 5.91 Å². The van der Waals surface area contributed by atoms with E-state index in [0.717, 1.165) is 28.2 Å². The predicted octanol–water partition coefficient (Wildman–Crippen LogP) is 2.65. The van der Waals surface area contributed by atoms with Gasteiger partial charge in [0.25, 0.3) is 5.91 Å². The number of benzene rings is 2. The molecule has 112 valence electrons. The van der Waals surface area contributed by atoms with Gasteiger partial charge in [0.05, 0.1) is 11.4 Å². The lowest BCUT2D eigenvalue weighted by atomic mass is 9.95. The average Bonchev–Trinajstić information content (AvgIpc) is 3.16. The Morgan fingerprint density at radius 3 is 2.74 bits per heavy atom. The van der Waals surface area contributed by atoms with Crippen LogP contribution in [0.25, 0.3) is 11.3 Å². The van der Waals surface area contributed by atoms with Crippen LogP contribution < -0.4 is 10.2 Å². The van der Waals surface area contributed by atoms with Gasteiger partial charge >= 0.3 is 0 Å². The van der Waals surface area contributed by atoms with Gasteiger partial charge in [-0.15, -0.1) is 0 Å². The molecule has 23 heavy (non-hydrogen) atoms. The first-order chi connectivity index (χ1) is 11.2. The fourth-order valence-corrected chi connectivity index (χ4v) is 3.70. The lowest BCUT2D eigenvalue weighted by Crippen LogP contribution is -2.53. The van der Waals surface area contributed by atoms with E-state index in [1.807, 2.05) is 54.6 Å². The molecule has 0 saturated carbocycles. The van der Waals surface area contributed by atoms with Crippen molar-refractivity contribution in [2.24, 2.45) is 0 Å². The molecule has 1 N–H and O–H groups in total. The molecule has 0 bridgehead atoms. The van der Waals surface area contributed by atoms with Gasteiger partial charge in [-0.2, -0.15) is 5.10 Å². The van der Waals surface area contributed by atoms with Crippen molar-refractivity contribution in [3.05, 3.63) is 66.4 Å². The van der Waals surface area contributed by atoms with Crippen LogP contribution in [-0.4, -0.2) is 22.7 Å². The number of fused-ring (bicyclic) bond motifs is 6. The Kier molecular flexibility index (Phi) is 2.17. The number of para-hydroxylation sites is 2. The minimum Gasteiger partial charge on any atom is -0.349 e. The van der Waals surface area contributed by atoms with Crippen molar-refractivity contribution in [2.45, 2.75) is 5.66 Å². The summed E-state index contributed by atoms with van der Waals surface area (Å²) in [6, 6.07) is 17.8. The van der Waals surface area contributed by atoms with Gasteiger partial charge in [0.2, 0.25) is 5.66 Å². The van der Waals surface area contributed by atoms with Crippen molar-refractivity contribution >= 4 is 17.3 Å². The summed E-state index contributed by atoms with van der Waals surface area (Å²) in [6.45, 7) is 0. The number of rotatable bonds is 0. The molecule has 2 aliphatic rings. The molecule has 1 amide bonds. The monoisotopic (exact) mass is 302 g/mol. The summed E-state index contributed by atoms with van der Waals surface area (Å²) in [5.41, 5.74) is 3.75. The van der Waals surface area contributed by atoms with Crippen molar-refractivity contribution in [3.63, 3.8) is 0 Å². The normalized spacial score (nSPS) is 20.9. The standard InChI is InChI=1S/C18H14N4O/c1-21-16-9-5-3-7-13(16)18(17(21)23)20-14-8-4-2-6-12(14)15-10-11-19-22(15)18/h2-11,20H,1H3. The Morgan fingerprint density at radius 1 is 1.04 bits per heavy atom. The maximum Gasteiger partial charge on any atom is 0.280 e. The summed E-state index contributed by atoms with van der Waals surface area (Å²) >= 11 is 0. The number of carbonyl (C=O) groups excluding carboxylic acids is 1. The first kappa shape index (κ1) is 12.5. The van der Waals surface area contributed by atoms with Crippen LogP contribution in [0.1, 0.15) is 5.56 Å². The van der Waals surface area contributed by atoms with E-state index in [1.54, 1.807) is 22.8 Å². The Morgan fingerprint density at radius 2 is 1.83 bits per heavy atom. The van der Waals surface area contributed by atoms with E-state index in [2.05, 4.69) is 10.4 Å². The predicted molar refractivity (Wildman–Crippen MR) is 88.2 cm³/mol. The van der Waals surface area contributed by atoms with Gasteiger partial charge in [-0.1, -0.05) is 36.4 Å². The molecule has 1 unspecified atom stereocenters. The third-order valence-electron chi connectivity index (χ3n) is 4.75. The smallest absolute Gasteiger partial charge is 0.280 e. The zero-order chi connectivity index (χ0) is 15.6. The molecular weight excluding hydrogens is 288 g/mol. The highest BCUT2D eigenvalue weighted by Gasteiger charge is 2.54. The third kappa shape index (κ3) is 1.33. The number of anilines is 2. The number of nitrogens with zero attached hydrogens (tertiary/aromatic N) is 3. The molecule has 2 aromatic carbocycles. The number of likely N-dealkylation sites (N-methyl/N-ethyl adjacent to an activating group) is 1. The number of carbonyl (C=O) groups is 1. The molecule has 5 rings (SSSR count). The summed E-state index contributed by atoms with van der Waals surface area (Å²) < 4.78 is 1.81. The third-order valence-corrected chi connectivity index (χ3v) is 4.75. The highest BCUT2D eigenvalue weighted by atomic mass is 16.2. The quantitative estimate of drug-likeness (QED) is 0.694. The summed E-state index contributed by atoms with van der Waals surface area (Å²) in [5, 5.41) is 7.94. The van der Waals surface area contributed by atoms with Gasteiger partial charge in [-0.25, -0.2) is 4.68 Å². The fourth-order valence-electron chi connectivity index (χ4n) is 3.70. The van der Waals surface area contributed by atoms with Crippen LogP contribution in [0.4, 0.5) is 11.4 Å². The Bertz CT molecular complexity index is 961. The van der Waals surface area contributed by atoms with Crippen LogP contribution in [0.15, 0.2) is 60.8 Å². The number of amides is 1. The Labute approximate surface area is 133 Å². The summed E-state index contributed by atoms with van der Waals surface area (Å²) in [4.78, 5) is 14.9. The molecule has 5 nitrogen and oxygen atoms in total. The summed E-state index contributed by atoms with van der Waals surface area (Å²) in [7, 11) is 1.81. The molecule has 3 aromatic rings. The van der Waals surface area contributed by atoms with Crippen molar-refractivity contribution in [1.29, 1.82) is 0 Å². The molecular formula is C18H14N4O. The van der Waals surface area contributed by atoms with E-state index < -0.39 is 5.66 Å². The van der Waals surface area contributed by atoms with Gasteiger partial charge < -0.3 is 10.2 Å². The second-order valence-corrected chi connectivity index (χ2v) is 5.89. The second-order valence-electron chi connectivity index (χ2n) is 5.89. The minimum atomic E-state index is -1.02. The summed E-state index contributed by atoms with van der Waals surface area (Å²) in [5.74, 6) is -0.0295. The highest BCUT2D eigenvalue weighted by Crippen LogP contribution is 2.48. The van der Waals surface area contributed by atoms with Gasteiger partial charge in [-0.3, -0.25) is 4.79 Å². The Hall–Kier alpha value is -3.08. The number of hydrogen-bond donors (Lipinski definition) is 1. The Balaban J connectivity index is 1.88. The summed E-state index contributed by atoms with van der Waals surface area (Å²) in [6.07, 6.45) is 1.75. The molecule has 1 aromatic heterocycles. The molecule has 0 aliphatic carbocycles. The van der Waals surface area contributed by atoms with Gasteiger partial charge in [-0.05, 0) is 18.2 Å². The van der Waals surface area contributed by atoms with Gasteiger partial charge in [0, 0.05) is 30.1 Å². The van der Waals surface area contributed by atoms with Crippen molar-refractivity contribution in [2.75, 3.05) is 17.3 Å². The first-order valence-electron chi connectivity index (χ1n) is 7.53. The van der Waals surface area contributed by atoms with E-state index in [4.69, 9.17) is 0 Å². The van der Waals surface area contributed by atoms with E-state index in [1.165, 1.54) is 0 Å². The van der Waals surface area contributed by atoms with E-state index in [0.29, 0.717) is 0 Å². The average molecular weight is 302 g/mol. The SMILES string of the molecule is CN1C(=O)C2(Nc3ccccc3-c3ccnn32)c2ccccc21. The second kappa shape index (κ2) is 4.01. The molecule has 0 saturated heterocycles. The van der Waals surface area contributed by atoms with Crippen LogP contribution in [0.5, 0.6) is 0 Å². The molecule has 0 fully saturated rings. The van der Waals surface area contributed by atoms with Gasteiger partial charge in [0.15, 0.2) is 0 Å². The van der Waals surface area contributed by atoms with Crippen LogP contribution >= 0.6 is 0 Å². The molecule has 1 spiro atoms. The number of nitrogens with one attached hydrogen (secondary N) is 1. The molecule has 0 radical (unpaired) electrons. The topological polar surface area (TPSA) is 50.2 Å². The highest BCUT2D eigenvalue weighted by molar-refractivity contribution is 6.10. The van der Waals surface area contributed by atoms with Gasteiger partial charge in [0.1, 0.15) is 0 Å². The maximum absolute atomic E-state index is 13.2. The van der Waals surface area contributed by atoms with E-state index >= 15 is 0 Å². The van der Waals surface area contributed by atoms with Crippen molar-refractivity contribution in [1.82, 2.24) is 9.78 Å². The molecule has 1 atom stereocenters. The lowest BCUT2D eigenvalue weighted by Gasteiger charge is -2.36. The fraction of sp³-hybridized carbons (Fsp3) is 0.111. The van der Waals surface area contributed by atoms with Crippen molar-refractivity contribution < 1.29 is 4.79 Å². The molecule has 3 heterocycles. The van der Waals surface area contributed by atoms with E-state index in [9.17, 15) is 4.79 Å². The zero-order valence-electron chi connectivity index (χ0n) is 12.5. The van der Waals surface area contributed by atoms with Crippen LogP contribution in [0.3, 0.4) is 0 Å². The number of aromatic nitrogens is 2. The van der Waals surface area contributed by atoms with Crippen LogP contribution in [0, 0.1) is 0 Å². The maximum atomic E-state index is 13.2.